The molecule has 2 heterocycles. The maximum Gasteiger partial charge on any atom is 0.223 e. The second-order valence-electron chi connectivity index (χ2n) is 7.83. The van der Waals surface area contributed by atoms with Crippen molar-refractivity contribution in [3.05, 3.63) is 66.5 Å². The van der Waals surface area contributed by atoms with Crippen molar-refractivity contribution in [3.63, 3.8) is 0 Å². The van der Waals surface area contributed by atoms with Crippen LogP contribution >= 0.6 is 0 Å². The molecule has 1 amide bonds. The first-order chi connectivity index (χ1) is 16.1. The lowest BCUT2D eigenvalue weighted by molar-refractivity contribution is -0.125. The Morgan fingerprint density at radius 2 is 1.82 bits per heavy atom. The molecule has 8 heteroatoms. The van der Waals surface area contributed by atoms with Crippen LogP contribution in [-0.4, -0.2) is 49.5 Å². The minimum atomic E-state index is -0.305. The lowest BCUT2D eigenvalue weighted by Crippen LogP contribution is -2.41. The summed E-state index contributed by atoms with van der Waals surface area (Å²) in [5.41, 5.74) is 1.66. The van der Waals surface area contributed by atoms with Gasteiger partial charge in [0.2, 0.25) is 5.91 Å². The fourth-order valence-corrected chi connectivity index (χ4v) is 3.88. The molecule has 0 bridgehead atoms. The van der Waals surface area contributed by atoms with Gasteiger partial charge in [-0.2, -0.15) is 0 Å². The Bertz CT molecular complexity index is 1050. The van der Waals surface area contributed by atoms with Crippen molar-refractivity contribution in [3.8, 4) is 22.8 Å². The average Bonchev–Trinajstić information content (AvgIpc) is 2.88. The maximum absolute atomic E-state index is 12.9. The molecule has 4 rings (SSSR count). The highest BCUT2D eigenvalue weighted by Gasteiger charge is 2.25. The van der Waals surface area contributed by atoms with Gasteiger partial charge in [0.15, 0.2) is 5.82 Å². The second kappa shape index (κ2) is 10.8. The van der Waals surface area contributed by atoms with Gasteiger partial charge < -0.3 is 19.7 Å². The molecule has 0 atom stereocenters. The Labute approximate surface area is 192 Å². The van der Waals surface area contributed by atoms with Crippen LogP contribution in [0.2, 0.25) is 0 Å². The molecule has 1 aromatic heterocycles. The van der Waals surface area contributed by atoms with Crippen molar-refractivity contribution in [2.45, 2.75) is 12.8 Å². The molecular weight excluding hydrogens is 423 g/mol. The lowest BCUT2D eigenvalue weighted by atomic mass is 9.96. The number of nitrogens with zero attached hydrogens (tertiary/aromatic N) is 3. The van der Waals surface area contributed by atoms with E-state index >= 15 is 0 Å². The molecule has 33 heavy (non-hydrogen) atoms. The van der Waals surface area contributed by atoms with E-state index in [1.807, 2.05) is 36.4 Å². The number of halogens is 1. The third kappa shape index (κ3) is 5.77. The Balaban J connectivity index is 1.23. The zero-order chi connectivity index (χ0) is 23.0. The van der Waals surface area contributed by atoms with Crippen LogP contribution in [0.4, 0.5) is 10.2 Å². The van der Waals surface area contributed by atoms with Gasteiger partial charge in [-0.05, 0) is 61.4 Å². The van der Waals surface area contributed by atoms with E-state index in [1.165, 1.54) is 12.1 Å². The quantitative estimate of drug-likeness (QED) is 0.528. The van der Waals surface area contributed by atoms with Crippen LogP contribution in [0.3, 0.4) is 0 Å². The number of ether oxygens (including phenoxy) is 2. The third-order valence-corrected chi connectivity index (χ3v) is 5.71. The summed E-state index contributed by atoms with van der Waals surface area (Å²) in [6.45, 7) is 2.23. The predicted octanol–water partition coefficient (Wildman–Crippen LogP) is 3.70. The van der Waals surface area contributed by atoms with Gasteiger partial charge in [-0.25, -0.2) is 4.39 Å². The highest BCUT2D eigenvalue weighted by molar-refractivity contribution is 5.79. The zero-order valence-electron chi connectivity index (χ0n) is 18.5. The van der Waals surface area contributed by atoms with E-state index in [0.29, 0.717) is 18.9 Å². The van der Waals surface area contributed by atoms with Crippen LogP contribution in [-0.2, 0) is 4.79 Å². The van der Waals surface area contributed by atoms with Gasteiger partial charge in [0.1, 0.15) is 23.9 Å². The number of nitrogens with one attached hydrogen (secondary N) is 1. The van der Waals surface area contributed by atoms with Gasteiger partial charge in [-0.3, -0.25) is 4.79 Å². The number of aromatic nitrogens is 2. The number of benzene rings is 2. The number of para-hydroxylation sites is 1. The second-order valence-corrected chi connectivity index (χ2v) is 7.83. The van der Waals surface area contributed by atoms with Gasteiger partial charge in [0.05, 0.1) is 19.3 Å². The summed E-state index contributed by atoms with van der Waals surface area (Å²) in [5, 5.41) is 11.7. The van der Waals surface area contributed by atoms with Gasteiger partial charge >= 0.3 is 0 Å². The number of amides is 1. The van der Waals surface area contributed by atoms with E-state index in [1.54, 1.807) is 19.2 Å². The fourth-order valence-electron chi connectivity index (χ4n) is 3.88. The summed E-state index contributed by atoms with van der Waals surface area (Å²) in [5.74, 6) is 1.84. The number of rotatable bonds is 8. The summed E-state index contributed by atoms with van der Waals surface area (Å²) in [7, 11) is 1.64. The van der Waals surface area contributed by atoms with Gasteiger partial charge in [-0.15, -0.1) is 10.2 Å². The molecule has 1 N–H and O–H groups in total. The highest BCUT2D eigenvalue weighted by Crippen LogP contribution is 2.29. The average molecular weight is 451 g/mol. The van der Waals surface area contributed by atoms with E-state index in [4.69, 9.17) is 9.47 Å². The largest absolute Gasteiger partial charge is 0.496 e. The Hall–Kier alpha value is -3.68. The monoisotopic (exact) mass is 450 g/mol. The van der Waals surface area contributed by atoms with E-state index in [0.717, 1.165) is 48.8 Å². The zero-order valence-corrected chi connectivity index (χ0v) is 18.5. The van der Waals surface area contributed by atoms with Crippen molar-refractivity contribution >= 4 is 11.7 Å². The molecule has 0 unspecified atom stereocenters. The smallest absolute Gasteiger partial charge is 0.223 e. The van der Waals surface area contributed by atoms with Crippen molar-refractivity contribution < 1.29 is 18.7 Å². The summed E-state index contributed by atoms with van der Waals surface area (Å²) in [6.07, 6.45) is 1.50. The topological polar surface area (TPSA) is 76.6 Å². The minimum Gasteiger partial charge on any atom is -0.496 e. The van der Waals surface area contributed by atoms with E-state index in [-0.39, 0.29) is 17.6 Å². The first kappa shape index (κ1) is 22.5. The molecule has 1 aliphatic heterocycles. The molecule has 0 spiro atoms. The highest BCUT2D eigenvalue weighted by atomic mass is 19.1. The molecule has 3 aromatic rings. The Morgan fingerprint density at radius 1 is 1.06 bits per heavy atom. The number of hydrogen-bond acceptors (Lipinski definition) is 6. The summed E-state index contributed by atoms with van der Waals surface area (Å²) >= 11 is 0. The van der Waals surface area contributed by atoms with Crippen LogP contribution < -0.4 is 19.7 Å². The fraction of sp³-hybridized carbons (Fsp3) is 0.320. The van der Waals surface area contributed by atoms with E-state index in [9.17, 15) is 9.18 Å². The SMILES string of the molecule is COc1ccccc1-c1ccc(N2CCC(C(=O)NCCOc3ccc(F)cc3)CC2)nn1. The van der Waals surface area contributed by atoms with E-state index < -0.39 is 0 Å². The summed E-state index contributed by atoms with van der Waals surface area (Å²) in [6, 6.07) is 17.4. The number of carbonyl (C=O) groups excluding carboxylic acids is 1. The molecule has 0 aliphatic carbocycles. The summed E-state index contributed by atoms with van der Waals surface area (Å²) in [4.78, 5) is 14.6. The standard InChI is InChI=1S/C25H27FN4O3/c1-32-23-5-3-2-4-21(23)22-10-11-24(29-28-22)30-15-12-18(13-16-30)25(31)27-14-17-33-20-8-6-19(26)7-9-20/h2-11,18H,12-17H2,1H3,(H,27,31). The van der Waals surface area contributed by atoms with Crippen molar-refractivity contribution in [2.24, 2.45) is 5.92 Å². The molecule has 7 nitrogen and oxygen atoms in total. The maximum atomic E-state index is 12.9. The molecule has 0 saturated carbocycles. The molecule has 1 fully saturated rings. The molecule has 1 aliphatic rings. The number of hydrogen-bond donors (Lipinski definition) is 1. The van der Waals surface area contributed by atoms with Crippen molar-refractivity contribution in [1.82, 2.24) is 15.5 Å². The lowest BCUT2D eigenvalue weighted by Gasteiger charge is -2.31. The van der Waals surface area contributed by atoms with Gasteiger partial charge in [0.25, 0.3) is 0 Å². The van der Waals surface area contributed by atoms with E-state index in [2.05, 4.69) is 20.4 Å². The number of piperidine rings is 1. The molecular formula is C25H27FN4O3. The van der Waals surface area contributed by atoms with Gasteiger partial charge in [0, 0.05) is 24.6 Å². The number of anilines is 1. The number of methoxy groups -OCH3 is 1. The normalized spacial score (nSPS) is 14.1. The van der Waals surface area contributed by atoms with Crippen molar-refractivity contribution in [2.75, 3.05) is 38.3 Å². The van der Waals surface area contributed by atoms with Crippen LogP contribution in [0.1, 0.15) is 12.8 Å². The Kier molecular flexibility index (Phi) is 7.34. The molecule has 172 valence electrons. The Morgan fingerprint density at radius 3 is 2.52 bits per heavy atom. The van der Waals surface area contributed by atoms with Crippen LogP contribution in [0.5, 0.6) is 11.5 Å². The van der Waals surface area contributed by atoms with Gasteiger partial charge in [-0.1, -0.05) is 12.1 Å². The predicted molar refractivity (Wildman–Crippen MR) is 124 cm³/mol. The molecule has 0 radical (unpaired) electrons. The summed E-state index contributed by atoms with van der Waals surface area (Å²) < 4.78 is 23.8. The first-order valence-electron chi connectivity index (χ1n) is 11.0. The van der Waals surface area contributed by atoms with Crippen LogP contribution in [0.25, 0.3) is 11.3 Å². The minimum absolute atomic E-state index is 0.0344. The third-order valence-electron chi connectivity index (χ3n) is 5.71. The van der Waals surface area contributed by atoms with Crippen LogP contribution in [0.15, 0.2) is 60.7 Å². The molecule has 2 aromatic carbocycles. The van der Waals surface area contributed by atoms with Crippen LogP contribution in [0, 0.1) is 11.7 Å². The van der Waals surface area contributed by atoms with Crippen molar-refractivity contribution in [1.29, 1.82) is 0 Å². The number of carbonyl (C=O) groups is 1. The first-order valence-corrected chi connectivity index (χ1v) is 11.0. The molecule has 1 saturated heterocycles.